The Hall–Kier alpha value is 0.290. The van der Waals surface area contributed by atoms with Gasteiger partial charge in [-0.05, 0) is 34.7 Å². The molecular weight excluding hydrogens is 357 g/mol. The lowest BCUT2D eigenvalue weighted by Gasteiger charge is -2.03. The van der Waals surface area contributed by atoms with Crippen LogP contribution in [0.2, 0.25) is 10.0 Å². The molecule has 76 valence electrons. The minimum Gasteiger partial charge on any atom is -0.386 e. The van der Waals surface area contributed by atoms with Gasteiger partial charge in [0.05, 0.1) is 16.6 Å². The first-order chi connectivity index (χ1) is 6.54. The van der Waals surface area contributed by atoms with E-state index >= 15 is 0 Å². The molecule has 0 unspecified atom stereocenters. The molecule has 0 spiro atoms. The zero-order valence-electron chi connectivity index (χ0n) is 6.90. The van der Waals surface area contributed by atoms with Gasteiger partial charge in [0.1, 0.15) is 5.84 Å². The van der Waals surface area contributed by atoms with Gasteiger partial charge >= 0.3 is 0 Å². The number of hydrogen-bond donors (Lipinski definition) is 1. The highest BCUT2D eigenvalue weighted by atomic mass is 127. The predicted molar refractivity (Wildman–Crippen MR) is 71.2 cm³/mol. The maximum Gasteiger partial charge on any atom is 0.115 e. The molecule has 0 aliphatic rings. The summed E-state index contributed by atoms with van der Waals surface area (Å²) in [7, 11) is 0. The van der Waals surface area contributed by atoms with Gasteiger partial charge in [-0.2, -0.15) is 0 Å². The number of aliphatic imine (C=N–C) groups is 1. The minimum atomic E-state index is 0.176. The summed E-state index contributed by atoms with van der Waals surface area (Å²) in [5.41, 5.74) is 6.11. The summed E-state index contributed by atoms with van der Waals surface area (Å²) in [6.45, 7) is 0. The maximum atomic E-state index is 5.94. The van der Waals surface area contributed by atoms with E-state index in [0.717, 1.165) is 3.57 Å². The van der Waals surface area contributed by atoms with Crippen molar-refractivity contribution in [3.05, 3.63) is 25.7 Å². The maximum absolute atomic E-state index is 5.94. The Labute approximate surface area is 111 Å². The molecule has 6 heteroatoms. The fourth-order valence-electron chi connectivity index (χ4n) is 0.815. The van der Waals surface area contributed by atoms with Crippen molar-refractivity contribution in [2.75, 3.05) is 5.88 Å². The van der Waals surface area contributed by atoms with E-state index in [2.05, 4.69) is 27.6 Å². The van der Waals surface area contributed by atoms with Crippen molar-refractivity contribution < 1.29 is 0 Å². The Morgan fingerprint density at radius 3 is 2.57 bits per heavy atom. The Kier molecular flexibility index (Phi) is 4.76. The molecule has 0 saturated heterocycles. The van der Waals surface area contributed by atoms with Crippen molar-refractivity contribution in [1.82, 2.24) is 0 Å². The second-order valence-corrected chi connectivity index (χ2v) is 4.73. The number of nitrogens with zero attached hydrogens (tertiary/aromatic N) is 1. The van der Waals surface area contributed by atoms with Crippen LogP contribution in [0.3, 0.4) is 0 Å². The van der Waals surface area contributed by atoms with Crippen LogP contribution in [0.25, 0.3) is 0 Å². The molecule has 2 nitrogen and oxygen atoms in total. The lowest BCUT2D eigenvalue weighted by Crippen LogP contribution is -2.12. The standard InChI is InChI=1S/C8H6Cl3IN2/c9-3-7(13)14-8-5(11)1-4(10)2-6(8)12/h1-2H,3H2,(H2,13,14). The summed E-state index contributed by atoms with van der Waals surface area (Å²) in [6.07, 6.45) is 0. The normalized spacial score (nSPS) is 11.9. The fraction of sp³-hybridized carbons (Fsp3) is 0.125. The van der Waals surface area contributed by atoms with Gasteiger partial charge in [-0.15, -0.1) is 11.6 Å². The lowest BCUT2D eigenvalue weighted by molar-refractivity contribution is 1.43. The van der Waals surface area contributed by atoms with Crippen LogP contribution in [0.15, 0.2) is 17.1 Å². The van der Waals surface area contributed by atoms with E-state index in [0.29, 0.717) is 21.6 Å². The van der Waals surface area contributed by atoms with Crippen molar-refractivity contribution in [1.29, 1.82) is 0 Å². The number of halogens is 4. The third-order valence-electron chi connectivity index (χ3n) is 1.37. The molecule has 0 saturated carbocycles. The van der Waals surface area contributed by atoms with Crippen LogP contribution in [0.1, 0.15) is 0 Å². The molecule has 0 fully saturated rings. The molecule has 0 radical (unpaired) electrons. The third-order valence-corrected chi connectivity index (χ3v) is 2.98. The molecule has 14 heavy (non-hydrogen) atoms. The first-order valence-corrected chi connectivity index (χ1v) is 5.95. The van der Waals surface area contributed by atoms with Crippen LogP contribution in [-0.2, 0) is 0 Å². The molecular formula is C8H6Cl3IN2. The number of hydrogen-bond acceptors (Lipinski definition) is 1. The molecule has 0 heterocycles. The molecule has 2 N–H and O–H groups in total. The summed E-state index contributed by atoms with van der Waals surface area (Å²) in [5, 5.41) is 1.04. The van der Waals surface area contributed by atoms with Crippen molar-refractivity contribution >= 4 is 68.9 Å². The summed E-state index contributed by atoms with van der Waals surface area (Å²) in [6, 6.07) is 3.37. The topological polar surface area (TPSA) is 38.4 Å². The second-order valence-electron chi connectivity index (χ2n) is 2.45. The van der Waals surface area contributed by atoms with E-state index in [1.165, 1.54) is 0 Å². The highest BCUT2D eigenvalue weighted by Gasteiger charge is 2.06. The zero-order chi connectivity index (χ0) is 10.7. The van der Waals surface area contributed by atoms with E-state index in [9.17, 15) is 0 Å². The zero-order valence-corrected chi connectivity index (χ0v) is 11.3. The molecule has 0 bridgehead atoms. The van der Waals surface area contributed by atoms with Crippen LogP contribution < -0.4 is 5.73 Å². The average Bonchev–Trinajstić information content (AvgIpc) is 2.10. The highest BCUT2D eigenvalue weighted by molar-refractivity contribution is 14.1. The van der Waals surface area contributed by atoms with Gasteiger partial charge in [0.15, 0.2) is 0 Å². The van der Waals surface area contributed by atoms with Crippen molar-refractivity contribution in [2.24, 2.45) is 10.7 Å². The second kappa shape index (κ2) is 5.39. The monoisotopic (exact) mass is 362 g/mol. The quantitative estimate of drug-likeness (QED) is 0.369. The van der Waals surface area contributed by atoms with Crippen molar-refractivity contribution in [3.8, 4) is 0 Å². The largest absolute Gasteiger partial charge is 0.386 e. The molecule has 0 aliphatic carbocycles. The van der Waals surface area contributed by atoms with Crippen LogP contribution in [0.5, 0.6) is 0 Å². The molecule has 0 atom stereocenters. The Bertz CT molecular complexity index is 356. The van der Waals surface area contributed by atoms with E-state index < -0.39 is 0 Å². The SMILES string of the molecule is NC(CCl)=Nc1c(Cl)cc(Cl)cc1I. The molecule has 1 rings (SSSR count). The fourth-order valence-corrected chi connectivity index (χ4v) is 2.50. The van der Waals surface area contributed by atoms with E-state index in [4.69, 9.17) is 40.5 Å². The van der Waals surface area contributed by atoms with E-state index in [1.54, 1.807) is 12.1 Å². The van der Waals surface area contributed by atoms with Crippen LogP contribution in [0.4, 0.5) is 5.69 Å². The van der Waals surface area contributed by atoms with Gasteiger partial charge in [0.2, 0.25) is 0 Å². The van der Waals surface area contributed by atoms with Crippen molar-refractivity contribution in [2.45, 2.75) is 0 Å². The number of amidine groups is 1. The lowest BCUT2D eigenvalue weighted by atomic mass is 10.3. The van der Waals surface area contributed by atoms with Gasteiger partial charge in [-0.25, -0.2) is 4.99 Å². The van der Waals surface area contributed by atoms with Gasteiger partial charge in [0.25, 0.3) is 0 Å². The molecule has 0 aromatic heterocycles. The molecule has 0 amide bonds. The number of rotatable bonds is 2. The predicted octanol–water partition coefficient (Wildman–Crippen LogP) is 3.83. The Morgan fingerprint density at radius 2 is 2.07 bits per heavy atom. The Morgan fingerprint density at radius 1 is 1.43 bits per heavy atom. The van der Waals surface area contributed by atoms with Gasteiger partial charge < -0.3 is 5.73 Å². The van der Waals surface area contributed by atoms with E-state index in [1.807, 2.05) is 0 Å². The molecule has 0 aliphatic heterocycles. The van der Waals surface area contributed by atoms with Gasteiger partial charge in [0, 0.05) is 8.59 Å². The van der Waals surface area contributed by atoms with E-state index in [-0.39, 0.29) is 5.88 Å². The highest BCUT2D eigenvalue weighted by Crippen LogP contribution is 2.33. The average molecular weight is 363 g/mol. The number of alkyl halides is 1. The third kappa shape index (κ3) is 3.15. The number of nitrogens with two attached hydrogens (primary N) is 1. The van der Waals surface area contributed by atoms with Gasteiger partial charge in [-0.3, -0.25) is 0 Å². The smallest absolute Gasteiger partial charge is 0.115 e. The molecule has 1 aromatic rings. The first-order valence-electron chi connectivity index (χ1n) is 3.58. The Balaban J connectivity index is 3.21. The molecule has 1 aromatic carbocycles. The van der Waals surface area contributed by atoms with Crippen LogP contribution >= 0.6 is 57.4 Å². The summed E-state index contributed by atoms with van der Waals surface area (Å²) in [4.78, 5) is 4.08. The first kappa shape index (κ1) is 12.4. The number of benzene rings is 1. The summed E-state index contributed by atoms with van der Waals surface area (Å²) in [5.74, 6) is 0.503. The van der Waals surface area contributed by atoms with Gasteiger partial charge in [-0.1, -0.05) is 23.2 Å². The van der Waals surface area contributed by atoms with Crippen LogP contribution in [0, 0.1) is 3.57 Å². The summed E-state index contributed by atoms with van der Waals surface area (Å²) < 4.78 is 0.841. The van der Waals surface area contributed by atoms with Crippen LogP contribution in [-0.4, -0.2) is 11.7 Å². The van der Waals surface area contributed by atoms with Crippen molar-refractivity contribution in [3.63, 3.8) is 0 Å². The summed E-state index contributed by atoms with van der Waals surface area (Å²) >= 11 is 19.3. The minimum absolute atomic E-state index is 0.176.